The first-order chi connectivity index (χ1) is 7.59. The molecule has 16 heavy (non-hydrogen) atoms. The predicted molar refractivity (Wildman–Crippen MR) is 60.3 cm³/mol. The standard InChI is InChI=1S/C10H9ClN4O/c1-15-5-13-4-8(15)9(16)7-2-6(11)3-14-10(7)12/h2-5H,1H3,(H2,12,14). The molecule has 0 aromatic carbocycles. The van der Waals surface area contributed by atoms with E-state index in [1.807, 2.05) is 0 Å². The lowest BCUT2D eigenvalue weighted by Gasteiger charge is -2.04. The molecular formula is C10H9ClN4O. The minimum atomic E-state index is -0.243. The highest BCUT2D eigenvalue weighted by molar-refractivity contribution is 6.31. The van der Waals surface area contributed by atoms with Crippen LogP contribution in [0.15, 0.2) is 24.8 Å². The summed E-state index contributed by atoms with van der Waals surface area (Å²) in [6, 6.07) is 1.50. The van der Waals surface area contributed by atoms with E-state index in [4.69, 9.17) is 17.3 Å². The van der Waals surface area contributed by atoms with Gasteiger partial charge in [0.15, 0.2) is 0 Å². The number of anilines is 1. The molecule has 0 amide bonds. The summed E-state index contributed by atoms with van der Waals surface area (Å²) in [5.41, 5.74) is 6.35. The SMILES string of the molecule is Cn1cncc1C(=O)c1cc(Cl)cnc1N. The Kier molecular flexibility index (Phi) is 2.62. The zero-order valence-electron chi connectivity index (χ0n) is 8.51. The van der Waals surface area contributed by atoms with Gasteiger partial charge in [0.1, 0.15) is 11.5 Å². The van der Waals surface area contributed by atoms with Gasteiger partial charge in [-0.2, -0.15) is 0 Å². The van der Waals surface area contributed by atoms with Crippen molar-refractivity contribution < 1.29 is 4.79 Å². The molecule has 0 spiro atoms. The monoisotopic (exact) mass is 236 g/mol. The molecule has 0 saturated heterocycles. The Morgan fingerprint density at radius 2 is 2.25 bits per heavy atom. The average Bonchev–Trinajstić information content (AvgIpc) is 2.67. The molecule has 0 atom stereocenters. The molecule has 2 heterocycles. The molecule has 6 heteroatoms. The third kappa shape index (κ3) is 1.77. The quantitative estimate of drug-likeness (QED) is 0.798. The Morgan fingerprint density at radius 1 is 1.50 bits per heavy atom. The van der Waals surface area contributed by atoms with Gasteiger partial charge in [0, 0.05) is 13.2 Å². The molecule has 0 aliphatic heterocycles. The number of nitrogen functional groups attached to an aromatic ring is 1. The summed E-state index contributed by atoms with van der Waals surface area (Å²) in [5.74, 6) is -0.0805. The van der Waals surface area contributed by atoms with E-state index in [0.29, 0.717) is 10.7 Å². The van der Waals surface area contributed by atoms with Crippen molar-refractivity contribution in [2.24, 2.45) is 7.05 Å². The fourth-order valence-electron chi connectivity index (χ4n) is 1.35. The van der Waals surface area contributed by atoms with Gasteiger partial charge in [0.05, 0.1) is 23.1 Å². The number of nitrogens with zero attached hydrogens (tertiary/aromatic N) is 3. The van der Waals surface area contributed by atoms with Gasteiger partial charge in [0.25, 0.3) is 0 Å². The van der Waals surface area contributed by atoms with Crippen LogP contribution in [-0.2, 0) is 7.05 Å². The first kappa shape index (κ1) is 10.6. The van der Waals surface area contributed by atoms with Crippen molar-refractivity contribution in [3.05, 3.63) is 41.1 Å². The second kappa shape index (κ2) is 3.94. The fraction of sp³-hybridized carbons (Fsp3) is 0.100. The minimum absolute atomic E-state index is 0.163. The van der Waals surface area contributed by atoms with E-state index >= 15 is 0 Å². The van der Waals surface area contributed by atoms with Crippen LogP contribution in [0.5, 0.6) is 0 Å². The van der Waals surface area contributed by atoms with E-state index in [9.17, 15) is 4.79 Å². The molecule has 5 nitrogen and oxygen atoms in total. The summed E-state index contributed by atoms with van der Waals surface area (Å²) in [6.07, 6.45) is 4.42. The lowest BCUT2D eigenvalue weighted by atomic mass is 10.1. The third-order valence-electron chi connectivity index (χ3n) is 2.18. The van der Waals surface area contributed by atoms with Gasteiger partial charge >= 0.3 is 0 Å². The molecule has 2 aromatic heterocycles. The molecule has 0 saturated carbocycles. The number of nitrogens with two attached hydrogens (primary N) is 1. The third-order valence-corrected chi connectivity index (χ3v) is 2.39. The van der Waals surface area contributed by atoms with Gasteiger partial charge in [0.2, 0.25) is 5.78 Å². The van der Waals surface area contributed by atoms with Crippen molar-refractivity contribution in [1.82, 2.24) is 14.5 Å². The second-order valence-electron chi connectivity index (χ2n) is 3.31. The van der Waals surface area contributed by atoms with Gasteiger partial charge in [-0.1, -0.05) is 11.6 Å². The molecule has 2 aromatic rings. The van der Waals surface area contributed by atoms with Crippen LogP contribution in [0.1, 0.15) is 16.1 Å². The molecular weight excluding hydrogens is 228 g/mol. The number of ketones is 1. The molecule has 82 valence electrons. The molecule has 0 fully saturated rings. The molecule has 2 N–H and O–H groups in total. The zero-order chi connectivity index (χ0) is 11.7. The maximum atomic E-state index is 12.1. The van der Waals surface area contributed by atoms with Crippen molar-refractivity contribution in [2.45, 2.75) is 0 Å². The number of hydrogen-bond donors (Lipinski definition) is 1. The minimum Gasteiger partial charge on any atom is -0.383 e. The number of carbonyl (C=O) groups is 1. The largest absolute Gasteiger partial charge is 0.383 e. The molecule has 0 aliphatic carbocycles. The highest BCUT2D eigenvalue weighted by Crippen LogP contribution is 2.18. The maximum absolute atomic E-state index is 12.1. The van der Waals surface area contributed by atoms with E-state index in [1.54, 1.807) is 17.9 Å². The lowest BCUT2D eigenvalue weighted by molar-refractivity contribution is 0.103. The van der Waals surface area contributed by atoms with Crippen LogP contribution in [0.4, 0.5) is 5.82 Å². The van der Waals surface area contributed by atoms with Crippen molar-refractivity contribution >= 4 is 23.2 Å². The van der Waals surface area contributed by atoms with E-state index in [-0.39, 0.29) is 17.2 Å². The molecule has 0 aliphatic rings. The summed E-state index contributed by atoms with van der Waals surface area (Å²) in [7, 11) is 1.73. The topological polar surface area (TPSA) is 73.8 Å². The zero-order valence-corrected chi connectivity index (χ0v) is 9.27. The highest BCUT2D eigenvalue weighted by atomic mass is 35.5. The maximum Gasteiger partial charge on any atom is 0.214 e. The van der Waals surface area contributed by atoms with Gasteiger partial charge in [-0.05, 0) is 6.07 Å². The van der Waals surface area contributed by atoms with Crippen LogP contribution in [0.3, 0.4) is 0 Å². The smallest absolute Gasteiger partial charge is 0.214 e. The van der Waals surface area contributed by atoms with E-state index in [2.05, 4.69) is 9.97 Å². The van der Waals surface area contributed by atoms with Crippen LogP contribution in [0.25, 0.3) is 0 Å². The summed E-state index contributed by atoms with van der Waals surface area (Å²) < 4.78 is 1.61. The van der Waals surface area contributed by atoms with Crippen LogP contribution in [0.2, 0.25) is 5.02 Å². The summed E-state index contributed by atoms with van der Waals surface area (Å²) >= 11 is 5.77. The van der Waals surface area contributed by atoms with Crippen LogP contribution in [0, 0.1) is 0 Å². The van der Waals surface area contributed by atoms with Crippen molar-refractivity contribution in [2.75, 3.05) is 5.73 Å². The number of pyridine rings is 1. The highest BCUT2D eigenvalue weighted by Gasteiger charge is 2.16. The predicted octanol–water partition coefficient (Wildman–Crippen LogP) is 1.28. The Hall–Kier alpha value is -1.88. The van der Waals surface area contributed by atoms with Gasteiger partial charge < -0.3 is 10.3 Å². The van der Waals surface area contributed by atoms with E-state index in [1.165, 1.54) is 18.5 Å². The molecule has 0 unspecified atom stereocenters. The Bertz CT molecular complexity index is 550. The summed E-state index contributed by atoms with van der Waals surface area (Å²) in [6.45, 7) is 0. The first-order valence-electron chi connectivity index (χ1n) is 4.51. The van der Waals surface area contributed by atoms with E-state index in [0.717, 1.165) is 0 Å². The number of imidazole rings is 1. The van der Waals surface area contributed by atoms with Crippen molar-refractivity contribution in [3.8, 4) is 0 Å². The Labute approximate surface area is 96.9 Å². The normalized spacial score (nSPS) is 10.4. The molecule has 0 bridgehead atoms. The van der Waals surface area contributed by atoms with Gasteiger partial charge in [-0.25, -0.2) is 9.97 Å². The summed E-state index contributed by atoms with van der Waals surface area (Å²) in [5, 5.41) is 0.375. The van der Waals surface area contributed by atoms with E-state index < -0.39 is 0 Å². The second-order valence-corrected chi connectivity index (χ2v) is 3.74. The van der Waals surface area contributed by atoms with Crippen molar-refractivity contribution in [3.63, 3.8) is 0 Å². The number of halogens is 1. The van der Waals surface area contributed by atoms with Gasteiger partial charge in [-0.15, -0.1) is 0 Å². The number of rotatable bonds is 2. The number of aromatic nitrogens is 3. The molecule has 0 radical (unpaired) electrons. The fourth-order valence-corrected chi connectivity index (χ4v) is 1.50. The number of aryl methyl sites for hydroxylation is 1. The number of hydrogen-bond acceptors (Lipinski definition) is 4. The summed E-state index contributed by atoms with van der Waals surface area (Å²) in [4.78, 5) is 19.8. The first-order valence-corrected chi connectivity index (χ1v) is 4.89. The van der Waals surface area contributed by atoms with Crippen LogP contribution in [-0.4, -0.2) is 20.3 Å². The van der Waals surface area contributed by atoms with Gasteiger partial charge in [-0.3, -0.25) is 4.79 Å². The van der Waals surface area contributed by atoms with Crippen LogP contribution >= 0.6 is 11.6 Å². The Balaban J connectivity index is 2.49. The lowest BCUT2D eigenvalue weighted by Crippen LogP contribution is -2.10. The number of carbonyl (C=O) groups excluding carboxylic acids is 1. The Morgan fingerprint density at radius 3 is 2.88 bits per heavy atom. The molecule has 2 rings (SSSR count). The average molecular weight is 237 g/mol. The van der Waals surface area contributed by atoms with Crippen molar-refractivity contribution in [1.29, 1.82) is 0 Å². The van der Waals surface area contributed by atoms with Crippen LogP contribution < -0.4 is 5.73 Å².